The first-order valence-electron chi connectivity index (χ1n) is 7.75. The second-order valence-electron chi connectivity index (χ2n) is 5.49. The minimum absolute atomic E-state index is 0.0300. The lowest BCUT2D eigenvalue weighted by Crippen LogP contribution is -2.30. The Hall–Kier alpha value is -3.48. The molecule has 0 saturated carbocycles. The highest BCUT2D eigenvalue weighted by molar-refractivity contribution is 5.97. The van der Waals surface area contributed by atoms with E-state index in [-0.39, 0.29) is 17.0 Å². The van der Waals surface area contributed by atoms with Crippen molar-refractivity contribution in [1.29, 1.82) is 0 Å². The van der Waals surface area contributed by atoms with Gasteiger partial charge in [0.2, 0.25) is 5.76 Å². The van der Waals surface area contributed by atoms with Gasteiger partial charge in [-0.05, 0) is 31.2 Å². The molecule has 1 amide bonds. The number of amides is 1. The van der Waals surface area contributed by atoms with E-state index in [1.807, 2.05) is 0 Å². The van der Waals surface area contributed by atoms with Gasteiger partial charge < -0.3 is 14.5 Å². The third-order valence-electron chi connectivity index (χ3n) is 3.62. The van der Waals surface area contributed by atoms with Gasteiger partial charge in [-0.3, -0.25) is 9.59 Å². The van der Waals surface area contributed by atoms with Crippen LogP contribution in [0.15, 0.2) is 63.8 Å². The number of para-hydroxylation sites is 2. The van der Waals surface area contributed by atoms with Crippen LogP contribution in [0, 0.1) is 5.82 Å². The summed E-state index contributed by atoms with van der Waals surface area (Å²) < 4.78 is 23.9. The van der Waals surface area contributed by atoms with Crippen LogP contribution in [0.1, 0.15) is 17.5 Å². The molecule has 0 unspecified atom stereocenters. The number of fused-ring (bicyclic) bond motifs is 1. The number of carbonyl (C=O) groups excluding carboxylic acids is 2. The number of hydrogen-bond acceptors (Lipinski definition) is 5. The largest absolute Gasteiger partial charge is 0.449 e. The zero-order valence-electron chi connectivity index (χ0n) is 13.7. The zero-order chi connectivity index (χ0) is 18.7. The Labute approximate surface area is 147 Å². The lowest BCUT2D eigenvalue weighted by atomic mass is 10.2. The molecule has 0 radical (unpaired) electrons. The van der Waals surface area contributed by atoms with Crippen LogP contribution in [0.2, 0.25) is 0 Å². The van der Waals surface area contributed by atoms with E-state index in [4.69, 9.17) is 9.15 Å². The monoisotopic (exact) mass is 355 g/mol. The molecular weight excluding hydrogens is 341 g/mol. The van der Waals surface area contributed by atoms with Crippen molar-refractivity contribution in [2.24, 2.45) is 0 Å². The molecule has 0 aliphatic heterocycles. The summed E-state index contributed by atoms with van der Waals surface area (Å²) in [6.45, 7) is 1.33. The summed E-state index contributed by atoms with van der Waals surface area (Å²) in [4.78, 5) is 36.2. The lowest BCUT2D eigenvalue weighted by molar-refractivity contribution is -0.123. The van der Waals surface area contributed by atoms with Crippen molar-refractivity contribution in [3.05, 3.63) is 76.4 Å². The number of halogens is 1. The molecule has 26 heavy (non-hydrogen) atoms. The minimum atomic E-state index is -1.22. The van der Waals surface area contributed by atoms with Gasteiger partial charge in [-0.1, -0.05) is 24.3 Å². The van der Waals surface area contributed by atoms with Crippen molar-refractivity contribution in [3.63, 3.8) is 0 Å². The molecule has 0 bridgehead atoms. The highest BCUT2D eigenvalue weighted by Gasteiger charge is 2.22. The predicted octanol–water partition coefficient (Wildman–Crippen LogP) is 3.12. The van der Waals surface area contributed by atoms with Crippen LogP contribution in [-0.4, -0.2) is 18.0 Å². The van der Waals surface area contributed by atoms with E-state index < -0.39 is 29.2 Å². The Kier molecular flexibility index (Phi) is 4.79. The fourth-order valence-electron chi connectivity index (χ4n) is 2.27. The number of benzene rings is 2. The number of esters is 1. The van der Waals surface area contributed by atoms with Gasteiger partial charge in [0.05, 0.1) is 11.1 Å². The van der Waals surface area contributed by atoms with Gasteiger partial charge in [-0.25, -0.2) is 9.18 Å². The summed E-state index contributed by atoms with van der Waals surface area (Å²) >= 11 is 0. The normalized spacial score (nSPS) is 11.8. The number of anilines is 1. The summed E-state index contributed by atoms with van der Waals surface area (Å²) in [6, 6.07) is 13.1. The number of hydrogen-bond donors (Lipinski definition) is 1. The average molecular weight is 355 g/mol. The molecule has 6 nitrogen and oxygen atoms in total. The molecule has 1 heterocycles. The maximum atomic E-state index is 13.6. The van der Waals surface area contributed by atoms with Crippen molar-refractivity contribution < 1.29 is 23.1 Å². The van der Waals surface area contributed by atoms with E-state index in [2.05, 4.69) is 5.32 Å². The quantitative estimate of drug-likeness (QED) is 0.727. The molecule has 1 N–H and O–H groups in total. The SMILES string of the molecule is C[C@@H](OC(=O)c1cc(=O)c2ccccc2o1)C(=O)Nc1ccccc1F. The first-order chi connectivity index (χ1) is 12.5. The van der Waals surface area contributed by atoms with Crippen LogP contribution in [0.4, 0.5) is 10.1 Å². The fourth-order valence-corrected chi connectivity index (χ4v) is 2.27. The van der Waals surface area contributed by atoms with Crippen LogP contribution in [-0.2, 0) is 9.53 Å². The van der Waals surface area contributed by atoms with Crippen LogP contribution in [0.3, 0.4) is 0 Å². The molecule has 3 rings (SSSR count). The summed E-state index contributed by atoms with van der Waals surface area (Å²) in [6.07, 6.45) is -1.22. The number of ether oxygens (including phenoxy) is 1. The topological polar surface area (TPSA) is 85.6 Å². The molecule has 132 valence electrons. The van der Waals surface area contributed by atoms with E-state index in [1.54, 1.807) is 30.3 Å². The van der Waals surface area contributed by atoms with Crippen LogP contribution in [0.25, 0.3) is 11.0 Å². The molecule has 0 aliphatic carbocycles. The van der Waals surface area contributed by atoms with Gasteiger partial charge in [0.15, 0.2) is 11.5 Å². The van der Waals surface area contributed by atoms with E-state index in [0.29, 0.717) is 5.39 Å². The van der Waals surface area contributed by atoms with Crippen LogP contribution >= 0.6 is 0 Å². The molecule has 1 atom stereocenters. The highest BCUT2D eigenvalue weighted by atomic mass is 19.1. The van der Waals surface area contributed by atoms with Crippen molar-refractivity contribution in [3.8, 4) is 0 Å². The smallest absolute Gasteiger partial charge is 0.375 e. The number of carbonyl (C=O) groups is 2. The Morgan fingerprint density at radius 1 is 1.12 bits per heavy atom. The van der Waals surface area contributed by atoms with Gasteiger partial charge in [0.1, 0.15) is 11.4 Å². The number of nitrogens with one attached hydrogen (secondary N) is 1. The van der Waals surface area contributed by atoms with Crippen molar-refractivity contribution in [1.82, 2.24) is 0 Å². The first-order valence-corrected chi connectivity index (χ1v) is 7.75. The summed E-state index contributed by atoms with van der Waals surface area (Å²) in [5.74, 6) is -2.62. The number of rotatable bonds is 4. The molecule has 2 aromatic carbocycles. The van der Waals surface area contributed by atoms with Crippen LogP contribution < -0.4 is 10.7 Å². The molecule has 0 fully saturated rings. The predicted molar refractivity (Wildman–Crippen MR) is 92.4 cm³/mol. The summed E-state index contributed by atoms with van der Waals surface area (Å²) in [7, 11) is 0. The summed E-state index contributed by atoms with van der Waals surface area (Å²) in [5, 5.41) is 2.65. The van der Waals surface area contributed by atoms with Crippen molar-refractivity contribution in [2.75, 3.05) is 5.32 Å². The molecule has 0 aliphatic rings. The van der Waals surface area contributed by atoms with E-state index in [1.165, 1.54) is 25.1 Å². The minimum Gasteiger partial charge on any atom is -0.449 e. The van der Waals surface area contributed by atoms with Gasteiger partial charge >= 0.3 is 5.97 Å². The first kappa shape index (κ1) is 17.3. The standard InChI is InChI=1S/C19H14FNO5/c1-11(18(23)21-14-8-4-3-7-13(14)20)25-19(24)17-10-15(22)12-6-2-5-9-16(12)26-17/h2-11H,1H3,(H,21,23)/t11-/m1/s1. The van der Waals surface area contributed by atoms with E-state index in [0.717, 1.165) is 6.07 Å². The van der Waals surface area contributed by atoms with Gasteiger partial charge in [0.25, 0.3) is 5.91 Å². The van der Waals surface area contributed by atoms with Crippen molar-refractivity contribution >= 4 is 28.5 Å². The molecule has 7 heteroatoms. The van der Waals surface area contributed by atoms with E-state index >= 15 is 0 Å². The molecule has 0 saturated heterocycles. The molecular formula is C19H14FNO5. The molecule has 0 spiro atoms. The Morgan fingerprint density at radius 2 is 1.81 bits per heavy atom. The Balaban J connectivity index is 1.74. The second-order valence-corrected chi connectivity index (χ2v) is 5.49. The van der Waals surface area contributed by atoms with E-state index in [9.17, 15) is 18.8 Å². The van der Waals surface area contributed by atoms with Gasteiger partial charge in [0, 0.05) is 6.07 Å². The Morgan fingerprint density at radius 3 is 2.58 bits per heavy atom. The summed E-state index contributed by atoms with van der Waals surface area (Å²) in [5.41, 5.74) is -0.199. The maximum Gasteiger partial charge on any atom is 0.375 e. The molecule has 1 aromatic heterocycles. The van der Waals surface area contributed by atoms with Gasteiger partial charge in [-0.2, -0.15) is 0 Å². The molecule has 3 aromatic rings. The highest BCUT2D eigenvalue weighted by Crippen LogP contribution is 2.15. The van der Waals surface area contributed by atoms with Crippen LogP contribution in [0.5, 0.6) is 0 Å². The third kappa shape index (κ3) is 3.61. The Bertz CT molecular complexity index is 1040. The van der Waals surface area contributed by atoms with Gasteiger partial charge in [-0.15, -0.1) is 0 Å². The maximum absolute atomic E-state index is 13.6. The zero-order valence-corrected chi connectivity index (χ0v) is 13.7. The third-order valence-corrected chi connectivity index (χ3v) is 3.62. The lowest BCUT2D eigenvalue weighted by Gasteiger charge is -2.13. The average Bonchev–Trinajstić information content (AvgIpc) is 2.63. The van der Waals surface area contributed by atoms with Crippen molar-refractivity contribution in [2.45, 2.75) is 13.0 Å². The fraction of sp³-hybridized carbons (Fsp3) is 0.105. The second kappa shape index (κ2) is 7.18.